The molecule has 0 radical (unpaired) electrons. The predicted molar refractivity (Wildman–Crippen MR) is 72.2 cm³/mol. The van der Waals surface area contributed by atoms with Crippen LogP contribution in [0.4, 0.5) is 10.1 Å². The fourth-order valence-electron chi connectivity index (χ4n) is 1.96. The molecule has 3 aromatic rings. The van der Waals surface area contributed by atoms with Gasteiger partial charge in [0, 0.05) is 17.8 Å². The van der Waals surface area contributed by atoms with Gasteiger partial charge >= 0.3 is 5.76 Å². The van der Waals surface area contributed by atoms with Crippen LogP contribution in [0.25, 0.3) is 11.1 Å². The van der Waals surface area contributed by atoms with Gasteiger partial charge in [0.25, 0.3) is 0 Å². The maximum Gasteiger partial charge on any atom is 0.417 e. The van der Waals surface area contributed by atoms with E-state index in [2.05, 4.69) is 10.3 Å². The van der Waals surface area contributed by atoms with Crippen molar-refractivity contribution in [1.29, 1.82) is 0 Å². The lowest BCUT2D eigenvalue weighted by molar-refractivity contribution is 0.427. The summed E-state index contributed by atoms with van der Waals surface area (Å²) in [5.74, 6) is -1.53. The molecule has 3 rings (SSSR count). The van der Waals surface area contributed by atoms with E-state index in [1.54, 1.807) is 24.3 Å². The van der Waals surface area contributed by atoms with Crippen LogP contribution >= 0.6 is 0 Å². The van der Waals surface area contributed by atoms with Crippen LogP contribution in [0.5, 0.6) is 5.75 Å². The van der Waals surface area contributed by atoms with Crippen molar-refractivity contribution in [3.05, 3.63) is 58.3 Å². The van der Waals surface area contributed by atoms with E-state index >= 15 is 0 Å². The SMILES string of the molecule is O=c1[nH]c2cc(NCc3cccc(F)c3O)ccc2o1. The molecule has 20 heavy (non-hydrogen) atoms. The quantitative estimate of drug-likeness (QED) is 0.686. The maximum atomic E-state index is 13.2. The monoisotopic (exact) mass is 274 g/mol. The second-order valence-corrected chi connectivity index (χ2v) is 4.33. The van der Waals surface area contributed by atoms with Gasteiger partial charge in [-0.1, -0.05) is 12.1 Å². The zero-order valence-corrected chi connectivity index (χ0v) is 10.3. The summed E-state index contributed by atoms with van der Waals surface area (Å²) in [5, 5.41) is 12.6. The van der Waals surface area contributed by atoms with Gasteiger partial charge in [-0.05, 0) is 24.3 Å². The van der Waals surface area contributed by atoms with E-state index in [1.165, 1.54) is 12.1 Å². The summed E-state index contributed by atoms with van der Waals surface area (Å²) in [7, 11) is 0. The number of fused-ring (bicyclic) bond motifs is 1. The Kier molecular flexibility index (Phi) is 2.90. The number of para-hydroxylation sites is 1. The number of oxazole rings is 1. The number of aromatic nitrogens is 1. The number of aromatic hydroxyl groups is 1. The Hall–Kier alpha value is -2.76. The molecule has 1 aromatic heterocycles. The first-order chi connectivity index (χ1) is 9.63. The van der Waals surface area contributed by atoms with Crippen molar-refractivity contribution in [3.8, 4) is 5.75 Å². The van der Waals surface area contributed by atoms with E-state index in [-0.39, 0.29) is 12.3 Å². The van der Waals surface area contributed by atoms with Crippen molar-refractivity contribution in [1.82, 2.24) is 4.98 Å². The van der Waals surface area contributed by atoms with E-state index in [0.717, 1.165) is 5.69 Å². The number of aromatic amines is 1. The fourth-order valence-corrected chi connectivity index (χ4v) is 1.96. The molecule has 102 valence electrons. The Balaban J connectivity index is 1.82. The normalized spacial score (nSPS) is 10.8. The van der Waals surface area contributed by atoms with Crippen molar-refractivity contribution in [2.75, 3.05) is 5.32 Å². The highest BCUT2D eigenvalue weighted by atomic mass is 19.1. The van der Waals surface area contributed by atoms with Crippen molar-refractivity contribution in [2.24, 2.45) is 0 Å². The van der Waals surface area contributed by atoms with E-state index in [0.29, 0.717) is 16.7 Å². The minimum atomic E-state index is -0.654. The Morgan fingerprint density at radius 2 is 2.15 bits per heavy atom. The highest BCUT2D eigenvalue weighted by molar-refractivity contribution is 5.76. The van der Waals surface area contributed by atoms with Gasteiger partial charge in [0.1, 0.15) is 0 Å². The van der Waals surface area contributed by atoms with Gasteiger partial charge in [-0.25, -0.2) is 9.18 Å². The molecule has 0 aliphatic rings. The van der Waals surface area contributed by atoms with Crippen LogP contribution in [-0.4, -0.2) is 10.1 Å². The zero-order chi connectivity index (χ0) is 14.1. The average molecular weight is 274 g/mol. The molecule has 2 aromatic carbocycles. The highest BCUT2D eigenvalue weighted by Crippen LogP contribution is 2.22. The molecule has 0 aliphatic carbocycles. The van der Waals surface area contributed by atoms with Crippen molar-refractivity contribution in [2.45, 2.75) is 6.54 Å². The topological polar surface area (TPSA) is 78.3 Å². The Labute approximate surface area is 112 Å². The van der Waals surface area contributed by atoms with Gasteiger partial charge < -0.3 is 14.8 Å². The second kappa shape index (κ2) is 4.73. The standard InChI is InChI=1S/C14H11FN2O3/c15-10-3-1-2-8(13(10)18)7-16-9-4-5-12-11(6-9)17-14(19)20-12/h1-6,16,18H,7H2,(H,17,19). The summed E-state index contributed by atoms with van der Waals surface area (Å²) < 4.78 is 18.1. The third kappa shape index (κ3) is 2.23. The van der Waals surface area contributed by atoms with Crippen LogP contribution in [0.2, 0.25) is 0 Å². The number of phenols is 1. The highest BCUT2D eigenvalue weighted by Gasteiger charge is 2.07. The Bertz CT molecular complexity index is 823. The molecule has 0 unspecified atom stereocenters. The first-order valence-corrected chi connectivity index (χ1v) is 5.96. The third-order valence-electron chi connectivity index (χ3n) is 2.97. The zero-order valence-electron chi connectivity index (χ0n) is 10.3. The minimum absolute atomic E-state index is 0.261. The number of anilines is 1. The summed E-state index contributed by atoms with van der Waals surface area (Å²) in [6, 6.07) is 9.45. The molecule has 6 heteroatoms. The van der Waals surface area contributed by atoms with Gasteiger partial charge in [-0.2, -0.15) is 0 Å². The van der Waals surface area contributed by atoms with Crippen LogP contribution in [0, 0.1) is 5.82 Å². The van der Waals surface area contributed by atoms with Crippen molar-refractivity contribution >= 4 is 16.8 Å². The lowest BCUT2D eigenvalue weighted by Gasteiger charge is -2.08. The van der Waals surface area contributed by atoms with Gasteiger partial charge in [0.05, 0.1) is 5.52 Å². The van der Waals surface area contributed by atoms with E-state index in [4.69, 9.17) is 4.42 Å². The molecule has 1 heterocycles. The van der Waals surface area contributed by atoms with E-state index in [9.17, 15) is 14.3 Å². The smallest absolute Gasteiger partial charge is 0.417 e. The van der Waals surface area contributed by atoms with Crippen molar-refractivity contribution in [3.63, 3.8) is 0 Å². The molecule has 0 amide bonds. The molecule has 0 spiro atoms. The van der Waals surface area contributed by atoms with Crippen molar-refractivity contribution < 1.29 is 13.9 Å². The van der Waals surface area contributed by atoms with Crippen LogP contribution < -0.4 is 11.1 Å². The minimum Gasteiger partial charge on any atom is -0.505 e. The first kappa shape index (κ1) is 12.3. The molecule has 0 bridgehead atoms. The van der Waals surface area contributed by atoms with Gasteiger partial charge in [-0.15, -0.1) is 0 Å². The number of hydrogen-bond donors (Lipinski definition) is 3. The fraction of sp³-hybridized carbons (Fsp3) is 0.0714. The lowest BCUT2D eigenvalue weighted by atomic mass is 10.2. The number of phenolic OH excluding ortho intramolecular Hbond substituents is 1. The van der Waals surface area contributed by atoms with Crippen LogP contribution in [-0.2, 0) is 6.54 Å². The molecule has 0 aliphatic heterocycles. The van der Waals surface area contributed by atoms with Gasteiger partial charge in [0.15, 0.2) is 17.1 Å². The summed E-state index contributed by atoms with van der Waals surface area (Å²) in [4.78, 5) is 13.6. The molecule has 0 fully saturated rings. The lowest BCUT2D eigenvalue weighted by Crippen LogP contribution is -2.00. The predicted octanol–water partition coefficient (Wildman–Crippen LogP) is 2.58. The second-order valence-electron chi connectivity index (χ2n) is 4.33. The molecular formula is C14H11FN2O3. The summed E-state index contributed by atoms with van der Waals surface area (Å²) in [6.07, 6.45) is 0. The molecule has 5 nitrogen and oxygen atoms in total. The number of nitrogens with one attached hydrogen (secondary N) is 2. The van der Waals surface area contributed by atoms with E-state index in [1.807, 2.05) is 0 Å². The number of hydrogen-bond acceptors (Lipinski definition) is 4. The molecule has 3 N–H and O–H groups in total. The Morgan fingerprint density at radius 1 is 1.30 bits per heavy atom. The number of halogens is 1. The van der Waals surface area contributed by atoms with Crippen LogP contribution in [0.3, 0.4) is 0 Å². The van der Waals surface area contributed by atoms with Crippen LogP contribution in [0.15, 0.2) is 45.6 Å². The number of benzene rings is 2. The third-order valence-corrected chi connectivity index (χ3v) is 2.97. The molecular weight excluding hydrogens is 263 g/mol. The molecule has 0 saturated heterocycles. The largest absolute Gasteiger partial charge is 0.505 e. The summed E-state index contributed by atoms with van der Waals surface area (Å²) >= 11 is 0. The van der Waals surface area contributed by atoms with Gasteiger partial charge in [0.2, 0.25) is 0 Å². The van der Waals surface area contributed by atoms with E-state index < -0.39 is 11.6 Å². The number of H-pyrrole nitrogens is 1. The van der Waals surface area contributed by atoms with Crippen LogP contribution in [0.1, 0.15) is 5.56 Å². The Morgan fingerprint density at radius 3 is 3.00 bits per heavy atom. The summed E-state index contributed by atoms with van der Waals surface area (Å²) in [5.41, 5.74) is 2.21. The molecule has 0 atom stereocenters. The first-order valence-electron chi connectivity index (χ1n) is 5.96. The maximum absolute atomic E-state index is 13.2. The average Bonchev–Trinajstić information content (AvgIpc) is 2.79. The van der Waals surface area contributed by atoms with Gasteiger partial charge in [-0.3, -0.25) is 4.98 Å². The number of rotatable bonds is 3. The molecule has 0 saturated carbocycles. The summed E-state index contributed by atoms with van der Waals surface area (Å²) in [6.45, 7) is 0.261.